The largest absolute Gasteiger partial charge is 0.507 e. The Morgan fingerprint density at radius 1 is 1.23 bits per heavy atom. The molecule has 0 bridgehead atoms. The van der Waals surface area contributed by atoms with E-state index >= 15 is 0 Å². The number of carbonyl (C=O) groups is 1. The van der Waals surface area contributed by atoms with Gasteiger partial charge in [0.1, 0.15) is 11.4 Å². The highest BCUT2D eigenvalue weighted by Crippen LogP contribution is 2.44. The van der Waals surface area contributed by atoms with Crippen molar-refractivity contribution < 1.29 is 41.4 Å². The van der Waals surface area contributed by atoms with Crippen LogP contribution in [0.3, 0.4) is 0 Å². The molecule has 2 aromatic rings. The van der Waals surface area contributed by atoms with E-state index in [4.69, 9.17) is 9.59 Å². The molecule has 1 aromatic heterocycles. The SMILES string of the molecule is Cc1cccc(C(=O)Nc2nc(C(F)(F)C(F)(F)F)cs2)c1O.O=C=O. The molecule has 0 unspecified atom stereocenters. The molecule has 0 aliphatic rings. The second-order valence-corrected chi connectivity index (χ2v) is 5.48. The number of benzene rings is 1. The van der Waals surface area contributed by atoms with Gasteiger partial charge in [0, 0.05) is 5.38 Å². The summed E-state index contributed by atoms with van der Waals surface area (Å²) >= 11 is 0.421. The zero-order valence-electron chi connectivity index (χ0n) is 12.7. The third kappa shape index (κ3) is 4.61. The van der Waals surface area contributed by atoms with Crippen LogP contribution in [0.1, 0.15) is 21.6 Å². The number of hydrogen-bond acceptors (Lipinski definition) is 6. The number of nitrogens with zero attached hydrogens (tertiary/aromatic N) is 1. The molecule has 140 valence electrons. The van der Waals surface area contributed by atoms with Gasteiger partial charge >= 0.3 is 18.3 Å². The van der Waals surface area contributed by atoms with E-state index in [1.165, 1.54) is 25.1 Å². The number of carbonyl (C=O) groups excluding carboxylic acids is 3. The summed E-state index contributed by atoms with van der Waals surface area (Å²) in [5.74, 6) is -6.30. The summed E-state index contributed by atoms with van der Waals surface area (Å²) in [7, 11) is 0. The van der Waals surface area contributed by atoms with E-state index in [1.54, 1.807) is 0 Å². The fourth-order valence-electron chi connectivity index (χ4n) is 1.63. The molecule has 26 heavy (non-hydrogen) atoms. The summed E-state index contributed by atoms with van der Waals surface area (Å²) in [6.07, 6.45) is -5.53. The van der Waals surface area contributed by atoms with E-state index in [0.717, 1.165) is 0 Å². The highest BCUT2D eigenvalue weighted by Gasteiger charge is 2.60. The molecule has 0 aliphatic heterocycles. The van der Waals surface area contributed by atoms with Crippen molar-refractivity contribution in [3.8, 4) is 5.75 Å². The number of phenols is 1. The van der Waals surface area contributed by atoms with E-state index in [9.17, 15) is 31.9 Å². The molecule has 0 aliphatic carbocycles. The lowest BCUT2D eigenvalue weighted by atomic mass is 10.1. The Kier molecular flexibility index (Phi) is 6.54. The molecule has 1 aromatic carbocycles. The summed E-state index contributed by atoms with van der Waals surface area (Å²) < 4.78 is 63.0. The minimum Gasteiger partial charge on any atom is -0.507 e. The number of halogens is 5. The molecule has 0 atom stereocenters. The number of amides is 1. The Labute approximate surface area is 146 Å². The number of anilines is 1. The first-order chi connectivity index (χ1) is 12.0. The van der Waals surface area contributed by atoms with Crippen molar-refractivity contribution in [2.75, 3.05) is 5.32 Å². The molecule has 2 N–H and O–H groups in total. The normalized spacial score (nSPS) is 11.2. The van der Waals surface area contributed by atoms with E-state index in [0.29, 0.717) is 22.3 Å². The second-order valence-electron chi connectivity index (χ2n) is 4.62. The van der Waals surface area contributed by atoms with Gasteiger partial charge in [0.25, 0.3) is 5.91 Å². The van der Waals surface area contributed by atoms with Gasteiger partial charge in [-0.05, 0) is 18.6 Å². The zero-order valence-corrected chi connectivity index (χ0v) is 13.5. The summed E-state index contributed by atoms with van der Waals surface area (Å²) in [5.41, 5.74) is -1.25. The van der Waals surface area contributed by atoms with Crippen LogP contribution >= 0.6 is 11.3 Å². The number of rotatable bonds is 3. The van der Waals surface area contributed by atoms with Crippen molar-refractivity contribution in [3.05, 3.63) is 40.4 Å². The molecule has 0 saturated heterocycles. The van der Waals surface area contributed by atoms with Crippen LogP contribution in [0, 0.1) is 6.92 Å². The fraction of sp³-hybridized carbons (Fsp3) is 0.214. The van der Waals surface area contributed by atoms with Crippen molar-refractivity contribution in [1.29, 1.82) is 0 Å². The highest BCUT2D eigenvalue weighted by atomic mass is 32.1. The third-order valence-electron chi connectivity index (χ3n) is 2.88. The maximum Gasteiger partial charge on any atom is 0.459 e. The average Bonchev–Trinajstić information content (AvgIpc) is 2.98. The van der Waals surface area contributed by atoms with Gasteiger partial charge in [0.05, 0.1) is 5.56 Å². The average molecular weight is 396 g/mol. The number of nitrogens with one attached hydrogen (secondary N) is 1. The standard InChI is InChI=1S/C13H9F5N2O2S.CO2/c1-6-3-2-4-7(9(6)21)10(22)20-11-19-8(5-23-11)12(14,15)13(16,17)18;2-1-3/h2-5,21H,1H3,(H,19,20,22);. The van der Waals surface area contributed by atoms with E-state index in [2.05, 4.69) is 10.3 Å². The molecular formula is C14H9F5N2O4S. The molecule has 0 fully saturated rings. The summed E-state index contributed by atoms with van der Waals surface area (Å²) in [5, 5.41) is 11.9. The Morgan fingerprint density at radius 2 is 1.81 bits per heavy atom. The third-order valence-corrected chi connectivity index (χ3v) is 3.64. The lowest BCUT2D eigenvalue weighted by molar-refractivity contribution is -0.290. The van der Waals surface area contributed by atoms with Gasteiger partial charge in [-0.15, -0.1) is 11.3 Å². The lowest BCUT2D eigenvalue weighted by Gasteiger charge is -2.16. The van der Waals surface area contributed by atoms with Gasteiger partial charge in [-0.2, -0.15) is 31.5 Å². The lowest BCUT2D eigenvalue weighted by Crippen LogP contribution is -2.34. The predicted molar refractivity (Wildman–Crippen MR) is 77.9 cm³/mol. The number of phenolic OH excluding ortho intramolecular Hbond substituents is 1. The molecule has 6 nitrogen and oxygen atoms in total. The molecule has 1 amide bonds. The second kappa shape index (κ2) is 8.02. The molecule has 12 heteroatoms. The van der Waals surface area contributed by atoms with Crippen LogP contribution in [0.15, 0.2) is 23.6 Å². The minimum absolute atomic E-state index is 0.149. The van der Waals surface area contributed by atoms with Gasteiger partial charge in [0.2, 0.25) is 0 Å². The van der Waals surface area contributed by atoms with Crippen molar-refractivity contribution in [3.63, 3.8) is 0 Å². The number of aromatic hydroxyl groups is 1. The summed E-state index contributed by atoms with van der Waals surface area (Å²) in [6, 6.07) is 4.29. The number of alkyl halides is 5. The van der Waals surface area contributed by atoms with E-state index in [1.807, 2.05) is 0 Å². The molecule has 0 saturated carbocycles. The van der Waals surface area contributed by atoms with Crippen molar-refractivity contribution >= 4 is 28.5 Å². The molecule has 1 heterocycles. The van der Waals surface area contributed by atoms with Gasteiger partial charge < -0.3 is 5.11 Å². The number of hydrogen-bond donors (Lipinski definition) is 2. The first kappa shape index (κ1) is 21.2. The Hall–Kier alpha value is -2.85. The predicted octanol–water partition coefficient (Wildman–Crippen LogP) is 3.48. The summed E-state index contributed by atoms with van der Waals surface area (Å²) in [4.78, 5) is 31.3. The van der Waals surface area contributed by atoms with Gasteiger partial charge in [0.15, 0.2) is 5.13 Å². The van der Waals surface area contributed by atoms with Gasteiger partial charge in [-0.25, -0.2) is 4.98 Å². The Bertz CT molecular complexity index is 829. The fourth-order valence-corrected chi connectivity index (χ4v) is 2.35. The van der Waals surface area contributed by atoms with Crippen molar-refractivity contribution in [2.24, 2.45) is 0 Å². The summed E-state index contributed by atoms with van der Waals surface area (Å²) in [6.45, 7) is 1.54. The first-order valence-corrected chi connectivity index (χ1v) is 7.33. The molecule has 2 rings (SSSR count). The minimum atomic E-state index is -5.78. The monoisotopic (exact) mass is 396 g/mol. The van der Waals surface area contributed by atoms with Crippen molar-refractivity contribution in [1.82, 2.24) is 4.98 Å². The molecule has 0 radical (unpaired) electrons. The van der Waals surface area contributed by atoms with Gasteiger partial charge in [-0.1, -0.05) is 12.1 Å². The number of aromatic nitrogens is 1. The van der Waals surface area contributed by atoms with E-state index < -0.39 is 28.8 Å². The first-order valence-electron chi connectivity index (χ1n) is 6.45. The smallest absolute Gasteiger partial charge is 0.459 e. The van der Waals surface area contributed by atoms with Crippen LogP contribution in [0.5, 0.6) is 5.75 Å². The van der Waals surface area contributed by atoms with Crippen LogP contribution in [0.2, 0.25) is 0 Å². The van der Waals surface area contributed by atoms with Crippen LogP contribution < -0.4 is 5.32 Å². The Balaban J connectivity index is 0.00000105. The molecular weight excluding hydrogens is 387 g/mol. The van der Waals surface area contributed by atoms with Crippen LogP contribution in [-0.4, -0.2) is 28.3 Å². The van der Waals surface area contributed by atoms with Crippen LogP contribution in [0.4, 0.5) is 27.1 Å². The van der Waals surface area contributed by atoms with Crippen LogP contribution in [-0.2, 0) is 15.5 Å². The number of para-hydroxylation sites is 1. The Morgan fingerprint density at radius 3 is 2.35 bits per heavy atom. The van der Waals surface area contributed by atoms with Gasteiger partial charge in [-0.3, -0.25) is 10.1 Å². The zero-order chi connectivity index (χ0) is 20.1. The topological polar surface area (TPSA) is 96.4 Å². The van der Waals surface area contributed by atoms with E-state index in [-0.39, 0.29) is 17.5 Å². The highest BCUT2D eigenvalue weighted by molar-refractivity contribution is 7.14. The number of aryl methyl sites for hydroxylation is 1. The maximum absolute atomic E-state index is 13.1. The quantitative estimate of drug-likeness (QED) is 0.775. The van der Waals surface area contributed by atoms with Crippen LogP contribution in [0.25, 0.3) is 0 Å². The van der Waals surface area contributed by atoms with Crippen molar-refractivity contribution in [2.45, 2.75) is 19.0 Å². The molecule has 0 spiro atoms. The maximum atomic E-state index is 13.1. The number of thiazole rings is 1.